The van der Waals surface area contributed by atoms with E-state index >= 15 is 0 Å². The Morgan fingerprint density at radius 1 is 1.10 bits per heavy atom. The summed E-state index contributed by atoms with van der Waals surface area (Å²) < 4.78 is 7.72. The number of ether oxygens (including phenoxy) is 1. The summed E-state index contributed by atoms with van der Waals surface area (Å²) in [6, 6.07) is 8.08. The zero-order valence-electron chi connectivity index (χ0n) is 11.7. The Morgan fingerprint density at radius 3 is 2.60 bits per heavy atom. The lowest BCUT2D eigenvalue weighted by Gasteiger charge is -2.16. The maximum absolute atomic E-state index is 6.02. The highest BCUT2D eigenvalue weighted by Gasteiger charge is 2.13. The number of aromatic nitrogens is 4. The molecule has 5 nitrogen and oxygen atoms in total. The molecule has 20 heavy (non-hydrogen) atoms. The minimum absolute atomic E-state index is 0.136. The Morgan fingerprint density at radius 2 is 1.85 bits per heavy atom. The van der Waals surface area contributed by atoms with Crippen LogP contribution in [0.4, 0.5) is 0 Å². The van der Waals surface area contributed by atoms with Crippen molar-refractivity contribution in [3.8, 4) is 5.75 Å². The molecule has 2 aromatic heterocycles. The molecule has 1 aromatic carbocycles. The predicted octanol–water partition coefficient (Wildman–Crippen LogP) is 2.88. The second kappa shape index (κ2) is 4.92. The van der Waals surface area contributed by atoms with Crippen molar-refractivity contribution in [2.75, 3.05) is 0 Å². The highest BCUT2D eigenvalue weighted by atomic mass is 16.5. The molecule has 0 bridgehead atoms. The van der Waals surface area contributed by atoms with Gasteiger partial charge >= 0.3 is 0 Å². The number of hydrogen-bond acceptors (Lipinski definition) is 4. The standard InChI is InChI=1S/C15H16N4O/c1-10-6-11(2)8-13(7-10)20-12(3)14-4-5-16-15-17-9-18-19(14)15/h4-9,12H,1-3H3/t12-/m1/s1. The Balaban J connectivity index is 1.92. The van der Waals surface area contributed by atoms with E-state index in [1.807, 2.05) is 25.1 Å². The normalized spacial score (nSPS) is 12.6. The van der Waals surface area contributed by atoms with Gasteiger partial charge in [0, 0.05) is 6.20 Å². The van der Waals surface area contributed by atoms with Gasteiger partial charge in [0.25, 0.3) is 5.78 Å². The summed E-state index contributed by atoms with van der Waals surface area (Å²) in [5, 5.41) is 4.18. The van der Waals surface area contributed by atoms with Crippen LogP contribution in [0.3, 0.4) is 0 Å². The van der Waals surface area contributed by atoms with Crippen molar-refractivity contribution in [3.63, 3.8) is 0 Å². The lowest BCUT2D eigenvalue weighted by atomic mass is 10.1. The summed E-state index contributed by atoms with van der Waals surface area (Å²) in [4.78, 5) is 8.24. The van der Waals surface area contributed by atoms with Gasteiger partial charge in [0.1, 0.15) is 18.2 Å². The fourth-order valence-electron chi connectivity index (χ4n) is 2.33. The number of benzene rings is 1. The molecule has 0 unspecified atom stereocenters. The molecule has 1 atom stereocenters. The van der Waals surface area contributed by atoms with Crippen LogP contribution in [0, 0.1) is 13.8 Å². The second-order valence-electron chi connectivity index (χ2n) is 4.93. The Hall–Kier alpha value is -2.43. The van der Waals surface area contributed by atoms with Gasteiger partial charge in [-0.3, -0.25) is 0 Å². The van der Waals surface area contributed by atoms with Crippen LogP contribution in [0.15, 0.2) is 36.8 Å². The largest absolute Gasteiger partial charge is 0.484 e. The number of nitrogens with zero attached hydrogens (tertiary/aromatic N) is 4. The van der Waals surface area contributed by atoms with E-state index in [-0.39, 0.29) is 6.10 Å². The van der Waals surface area contributed by atoms with E-state index in [2.05, 4.69) is 35.0 Å². The van der Waals surface area contributed by atoms with E-state index in [1.54, 1.807) is 10.7 Å². The number of hydrogen-bond donors (Lipinski definition) is 0. The van der Waals surface area contributed by atoms with Crippen LogP contribution in [-0.2, 0) is 0 Å². The average molecular weight is 268 g/mol. The van der Waals surface area contributed by atoms with E-state index in [0.717, 1.165) is 11.4 Å². The molecule has 0 aliphatic rings. The molecule has 0 radical (unpaired) electrons. The van der Waals surface area contributed by atoms with Crippen molar-refractivity contribution in [2.45, 2.75) is 26.9 Å². The van der Waals surface area contributed by atoms with E-state index in [9.17, 15) is 0 Å². The van der Waals surface area contributed by atoms with Gasteiger partial charge in [0.05, 0.1) is 5.69 Å². The van der Waals surface area contributed by atoms with Crippen LogP contribution in [0.5, 0.6) is 5.75 Å². The first-order valence-electron chi connectivity index (χ1n) is 6.53. The highest BCUT2D eigenvalue weighted by molar-refractivity contribution is 5.34. The monoisotopic (exact) mass is 268 g/mol. The molecular weight excluding hydrogens is 252 g/mol. The molecule has 0 aliphatic heterocycles. The maximum atomic E-state index is 6.02. The summed E-state index contributed by atoms with van der Waals surface area (Å²) >= 11 is 0. The van der Waals surface area contributed by atoms with Crippen molar-refractivity contribution >= 4 is 5.78 Å². The molecule has 0 saturated carbocycles. The zero-order chi connectivity index (χ0) is 14.1. The molecule has 3 rings (SSSR count). The van der Waals surface area contributed by atoms with Crippen molar-refractivity contribution in [1.82, 2.24) is 19.6 Å². The second-order valence-corrected chi connectivity index (χ2v) is 4.93. The molecule has 0 saturated heterocycles. The molecule has 0 fully saturated rings. The van der Waals surface area contributed by atoms with Crippen LogP contribution in [0.25, 0.3) is 5.78 Å². The van der Waals surface area contributed by atoms with Crippen molar-refractivity contribution in [2.24, 2.45) is 0 Å². The average Bonchev–Trinajstić information content (AvgIpc) is 2.85. The van der Waals surface area contributed by atoms with E-state index < -0.39 is 0 Å². The highest BCUT2D eigenvalue weighted by Crippen LogP contribution is 2.23. The molecule has 5 heteroatoms. The van der Waals surface area contributed by atoms with Gasteiger partial charge in [-0.05, 0) is 50.1 Å². The summed E-state index contributed by atoms with van der Waals surface area (Å²) in [5.74, 6) is 1.44. The molecule has 0 aliphatic carbocycles. The first-order chi connectivity index (χ1) is 9.63. The third-order valence-electron chi connectivity index (χ3n) is 3.13. The van der Waals surface area contributed by atoms with Gasteiger partial charge < -0.3 is 4.74 Å². The van der Waals surface area contributed by atoms with Crippen LogP contribution in [-0.4, -0.2) is 19.6 Å². The number of aryl methyl sites for hydroxylation is 2. The molecule has 0 N–H and O–H groups in total. The van der Waals surface area contributed by atoms with E-state index in [1.165, 1.54) is 17.5 Å². The van der Waals surface area contributed by atoms with Gasteiger partial charge in [-0.2, -0.15) is 14.6 Å². The fourth-order valence-corrected chi connectivity index (χ4v) is 2.33. The number of rotatable bonds is 3. The van der Waals surface area contributed by atoms with Crippen molar-refractivity contribution < 1.29 is 4.74 Å². The van der Waals surface area contributed by atoms with Crippen molar-refractivity contribution in [3.05, 3.63) is 53.6 Å². The van der Waals surface area contributed by atoms with Gasteiger partial charge in [-0.25, -0.2) is 4.98 Å². The molecule has 0 spiro atoms. The van der Waals surface area contributed by atoms with Gasteiger partial charge in [0.15, 0.2) is 0 Å². The number of fused-ring (bicyclic) bond motifs is 1. The molecular formula is C15H16N4O. The third kappa shape index (κ3) is 2.34. The SMILES string of the molecule is Cc1cc(C)cc(O[C@H](C)c2ccnc3ncnn23)c1. The van der Waals surface area contributed by atoms with Crippen LogP contribution in [0.1, 0.15) is 29.8 Å². The van der Waals surface area contributed by atoms with Crippen molar-refractivity contribution in [1.29, 1.82) is 0 Å². The molecule has 2 heterocycles. The first-order valence-corrected chi connectivity index (χ1v) is 6.53. The smallest absolute Gasteiger partial charge is 0.252 e. The third-order valence-corrected chi connectivity index (χ3v) is 3.13. The van der Waals surface area contributed by atoms with Crippen LogP contribution in [0.2, 0.25) is 0 Å². The van der Waals surface area contributed by atoms with Gasteiger partial charge in [-0.15, -0.1) is 0 Å². The lowest BCUT2D eigenvalue weighted by Crippen LogP contribution is -2.10. The summed E-state index contributed by atoms with van der Waals surface area (Å²) in [6.07, 6.45) is 3.08. The summed E-state index contributed by atoms with van der Waals surface area (Å²) in [7, 11) is 0. The Kier molecular flexibility index (Phi) is 3.10. The minimum atomic E-state index is -0.136. The Bertz CT molecular complexity index is 730. The topological polar surface area (TPSA) is 52.3 Å². The van der Waals surface area contributed by atoms with Gasteiger partial charge in [-0.1, -0.05) is 6.07 Å². The maximum Gasteiger partial charge on any atom is 0.252 e. The molecule has 3 aromatic rings. The summed E-state index contributed by atoms with van der Waals surface area (Å²) in [6.45, 7) is 6.12. The van der Waals surface area contributed by atoms with Crippen LogP contribution >= 0.6 is 0 Å². The molecule has 102 valence electrons. The van der Waals surface area contributed by atoms with E-state index in [0.29, 0.717) is 5.78 Å². The predicted molar refractivity (Wildman–Crippen MR) is 75.7 cm³/mol. The zero-order valence-corrected chi connectivity index (χ0v) is 11.7. The summed E-state index contributed by atoms with van der Waals surface area (Å²) in [5.41, 5.74) is 3.30. The van der Waals surface area contributed by atoms with Gasteiger partial charge in [0.2, 0.25) is 0 Å². The van der Waals surface area contributed by atoms with Crippen LogP contribution < -0.4 is 4.74 Å². The first kappa shape index (κ1) is 12.6. The quantitative estimate of drug-likeness (QED) is 0.733. The van der Waals surface area contributed by atoms with E-state index in [4.69, 9.17) is 4.74 Å². The molecule has 0 amide bonds. The fraction of sp³-hybridized carbons (Fsp3) is 0.267. The lowest BCUT2D eigenvalue weighted by molar-refractivity contribution is 0.218. The Labute approximate surface area is 117 Å². The minimum Gasteiger partial charge on any atom is -0.484 e.